The summed E-state index contributed by atoms with van der Waals surface area (Å²) in [6.07, 6.45) is 1.97. The predicted molar refractivity (Wildman–Crippen MR) is 78.4 cm³/mol. The number of benzene rings is 1. The summed E-state index contributed by atoms with van der Waals surface area (Å²) in [6.45, 7) is 7.04. The monoisotopic (exact) mass is 267 g/mol. The van der Waals surface area contributed by atoms with Gasteiger partial charge in [0.15, 0.2) is 11.5 Å². The zero-order chi connectivity index (χ0) is 13.9. The maximum atomic E-state index is 5.73. The van der Waals surface area contributed by atoms with Crippen LogP contribution >= 0.6 is 0 Å². The second-order valence-corrected chi connectivity index (χ2v) is 4.28. The predicted octanol–water partition coefficient (Wildman–Crippen LogP) is 3.32. The highest BCUT2D eigenvalue weighted by molar-refractivity contribution is 5.54. The van der Waals surface area contributed by atoms with Gasteiger partial charge in [-0.25, -0.2) is 0 Å². The quantitative estimate of drug-likeness (QED) is 0.660. The minimum absolute atomic E-state index is 0.680. The summed E-state index contributed by atoms with van der Waals surface area (Å²) < 4.78 is 16.4. The molecule has 0 fully saturated rings. The van der Waals surface area contributed by atoms with E-state index in [1.165, 1.54) is 0 Å². The summed E-state index contributed by atoms with van der Waals surface area (Å²) in [5.74, 6) is 1.62. The molecule has 4 heteroatoms. The largest absolute Gasteiger partial charge is 0.490 e. The van der Waals surface area contributed by atoms with Crippen molar-refractivity contribution in [2.45, 2.75) is 26.7 Å². The van der Waals surface area contributed by atoms with Crippen LogP contribution in [0, 0.1) is 0 Å². The Labute approximate surface area is 116 Å². The molecule has 108 valence electrons. The lowest BCUT2D eigenvalue weighted by Crippen LogP contribution is -2.08. The van der Waals surface area contributed by atoms with E-state index < -0.39 is 0 Å². The highest BCUT2D eigenvalue weighted by Gasteiger charge is 2.06. The van der Waals surface area contributed by atoms with Gasteiger partial charge in [0.25, 0.3) is 0 Å². The van der Waals surface area contributed by atoms with Crippen molar-refractivity contribution in [3.63, 3.8) is 0 Å². The van der Waals surface area contributed by atoms with E-state index in [0.717, 1.165) is 36.6 Å². The van der Waals surface area contributed by atoms with Gasteiger partial charge in [0.1, 0.15) is 0 Å². The van der Waals surface area contributed by atoms with Gasteiger partial charge in [0.05, 0.1) is 19.8 Å². The van der Waals surface area contributed by atoms with E-state index in [2.05, 4.69) is 19.2 Å². The number of rotatable bonds is 10. The zero-order valence-corrected chi connectivity index (χ0v) is 12.2. The second-order valence-electron chi connectivity index (χ2n) is 4.28. The van der Waals surface area contributed by atoms with Crippen LogP contribution in [0.2, 0.25) is 0 Å². The maximum absolute atomic E-state index is 5.73. The first-order valence-corrected chi connectivity index (χ1v) is 6.94. The standard InChI is InChI=1S/C15H25NO3/c1-4-9-18-14-7-6-13(16-8-11-17-3)12-15(14)19-10-5-2/h6-7,12,16H,4-5,8-11H2,1-3H3. The van der Waals surface area contributed by atoms with Gasteiger partial charge in [-0.2, -0.15) is 0 Å². The van der Waals surface area contributed by atoms with E-state index in [4.69, 9.17) is 14.2 Å². The van der Waals surface area contributed by atoms with Crippen molar-refractivity contribution in [2.75, 3.05) is 38.8 Å². The third-order valence-electron chi connectivity index (χ3n) is 2.50. The Hall–Kier alpha value is -1.42. The normalized spacial score (nSPS) is 10.3. The first-order chi connectivity index (χ1) is 9.31. The van der Waals surface area contributed by atoms with E-state index in [1.54, 1.807) is 7.11 Å². The molecule has 0 aliphatic heterocycles. The number of hydrogen-bond donors (Lipinski definition) is 1. The van der Waals surface area contributed by atoms with Crippen molar-refractivity contribution in [1.29, 1.82) is 0 Å². The fraction of sp³-hybridized carbons (Fsp3) is 0.600. The first-order valence-electron chi connectivity index (χ1n) is 6.94. The Morgan fingerprint density at radius 3 is 2.26 bits per heavy atom. The molecule has 19 heavy (non-hydrogen) atoms. The third kappa shape index (κ3) is 5.83. The molecular formula is C15H25NO3. The number of methoxy groups -OCH3 is 1. The lowest BCUT2D eigenvalue weighted by atomic mass is 10.2. The van der Waals surface area contributed by atoms with E-state index in [1.807, 2.05) is 18.2 Å². The van der Waals surface area contributed by atoms with Crippen molar-refractivity contribution < 1.29 is 14.2 Å². The van der Waals surface area contributed by atoms with Gasteiger partial charge >= 0.3 is 0 Å². The van der Waals surface area contributed by atoms with Crippen LogP contribution < -0.4 is 14.8 Å². The molecule has 0 heterocycles. The van der Waals surface area contributed by atoms with E-state index in [9.17, 15) is 0 Å². The summed E-state index contributed by atoms with van der Waals surface area (Å²) in [7, 11) is 1.69. The Morgan fingerprint density at radius 1 is 0.947 bits per heavy atom. The molecule has 1 aromatic rings. The first kappa shape index (κ1) is 15.6. The van der Waals surface area contributed by atoms with Gasteiger partial charge in [0, 0.05) is 25.4 Å². The Morgan fingerprint density at radius 2 is 1.63 bits per heavy atom. The van der Waals surface area contributed by atoms with Gasteiger partial charge in [-0.05, 0) is 25.0 Å². The molecule has 0 unspecified atom stereocenters. The van der Waals surface area contributed by atoms with Crippen LogP contribution in [0.3, 0.4) is 0 Å². The molecule has 1 rings (SSSR count). The van der Waals surface area contributed by atoms with Crippen molar-refractivity contribution in [1.82, 2.24) is 0 Å². The van der Waals surface area contributed by atoms with Gasteiger partial charge in [-0.1, -0.05) is 13.8 Å². The average Bonchev–Trinajstić information content (AvgIpc) is 2.44. The third-order valence-corrected chi connectivity index (χ3v) is 2.50. The highest BCUT2D eigenvalue weighted by atomic mass is 16.5. The van der Waals surface area contributed by atoms with E-state index in [0.29, 0.717) is 19.8 Å². The van der Waals surface area contributed by atoms with Crippen molar-refractivity contribution in [3.8, 4) is 11.5 Å². The smallest absolute Gasteiger partial charge is 0.163 e. The molecule has 0 aliphatic carbocycles. The molecule has 1 N–H and O–H groups in total. The van der Waals surface area contributed by atoms with Crippen LogP contribution in [0.5, 0.6) is 11.5 Å². The molecule has 0 amide bonds. The fourth-order valence-corrected chi connectivity index (χ4v) is 1.57. The maximum Gasteiger partial charge on any atom is 0.163 e. The lowest BCUT2D eigenvalue weighted by Gasteiger charge is -2.14. The van der Waals surface area contributed by atoms with Gasteiger partial charge in [-0.3, -0.25) is 0 Å². The van der Waals surface area contributed by atoms with Crippen molar-refractivity contribution >= 4 is 5.69 Å². The van der Waals surface area contributed by atoms with Crippen molar-refractivity contribution in [2.24, 2.45) is 0 Å². The molecular weight excluding hydrogens is 242 g/mol. The van der Waals surface area contributed by atoms with Gasteiger partial charge in [0.2, 0.25) is 0 Å². The number of ether oxygens (including phenoxy) is 3. The minimum atomic E-state index is 0.680. The SMILES string of the molecule is CCCOc1ccc(NCCOC)cc1OCCC. The molecule has 0 spiro atoms. The average molecular weight is 267 g/mol. The van der Waals surface area contributed by atoms with Crippen LogP contribution in [0.4, 0.5) is 5.69 Å². The molecule has 0 aromatic heterocycles. The van der Waals surface area contributed by atoms with Crippen LogP contribution in [-0.2, 0) is 4.74 Å². The van der Waals surface area contributed by atoms with Crippen LogP contribution in [0.25, 0.3) is 0 Å². The van der Waals surface area contributed by atoms with Gasteiger partial charge in [-0.15, -0.1) is 0 Å². The number of hydrogen-bond acceptors (Lipinski definition) is 4. The second kappa shape index (κ2) is 9.50. The molecule has 0 aliphatic rings. The summed E-state index contributed by atoms with van der Waals surface area (Å²) in [6, 6.07) is 5.94. The van der Waals surface area contributed by atoms with E-state index >= 15 is 0 Å². The molecule has 1 aromatic carbocycles. The fourth-order valence-electron chi connectivity index (χ4n) is 1.57. The summed E-state index contributed by atoms with van der Waals surface area (Å²) in [4.78, 5) is 0. The molecule has 0 atom stereocenters. The minimum Gasteiger partial charge on any atom is -0.490 e. The molecule has 4 nitrogen and oxygen atoms in total. The van der Waals surface area contributed by atoms with Crippen LogP contribution in [-0.4, -0.2) is 33.5 Å². The molecule has 0 saturated heterocycles. The zero-order valence-electron chi connectivity index (χ0n) is 12.2. The number of anilines is 1. The summed E-state index contributed by atoms with van der Waals surface area (Å²) in [5, 5.41) is 3.29. The molecule has 0 saturated carbocycles. The Kier molecular flexibility index (Phi) is 7.82. The van der Waals surface area contributed by atoms with Crippen LogP contribution in [0.15, 0.2) is 18.2 Å². The molecule has 0 radical (unpaired) electrons. The highest BCUT2D eigenvalue weighted by Crippen LogP contribution is 2.30. The van der Waals surface area contributed by atoms with Crippen LogP contribution in [0.1, 0.15) is 26.7 Å². The summed E-state index contributed by atoms with van der Waals surface area (Å²) in [5.41, 5.74) is 1.02. The Balaban J connectivity index is 2.69. The summed E-state index contributed by atoms with van der Waals surface area (Å²) >= 11 is 0. The van der Waals surface area contributed by atoms with Crippen molar-refractivity contribution in [3.05, 3.63) is 18.2 Å². The Bertz CT molecular complexity index is 355. The number of nitrogens with one attached hydrogen (secondary N) is 1. The van der Waals surface area contributed by atoms with Gasteiger partial charge < -0.3 is 19.5 Å². The van der Waals surface area contributed by atoms with E-state index in [-0.39, 0.29) is 0 Å². The molecule has 0 bridgehead atoms. The topological polar surface area (TPSA) is 39.7 Å². The lowest BCUT2D eigenvalue weighted by molar-refractivity contribution is 0.210.